The zero-order valence-electron chi connectivity index (χ0n) is 24.6. The van der Waals surface area contributed by atoms with Gasteiger partial charge in [0.1, 0.15) is 23.1 Å². The number of imidazole rings is 1. The minimum absolute atomic E-state index is 0.0513. The maximum absolute atomic E-state index is 14.6. The summed E-state index contributed by atoms with van der Waals surface area (Å²) in [5.74, 6) is -4.57. The van der Waals surface area contributed by atoms with Crippen LogP contribution in [-0.2, 0) is 20.9 Å². The minimum atomic E-state index is -1.57. The molecule has 2 heterocycles. The number of ether oxygens (including phenoxy) is 2. The van der Waals surface area contributed by atoms with Gasteiger partial charge in [0.15, 0.2) is 11.6 Å². The third-order valence-corrected chi connectivity index (χ3v) is 6.12. The van der Waals surface area contributed by atoms with Crippen LogP contribution in [0.5, 0.6) is 5.75 Å². The number of carbonyl (C=O) groups excluding carboxylic acids is 3. The largest absolute Gasteiger partial charge is 0.486 e. The second-order valence-electron chi connectivity index (χ2n) is 9.93. The van der Waals surface area contributed by atoms with E-state index in [4.69, 9.17) is 4.74 Å². The van der Waals surface area contributed by atoms with Crippen molar-refractivity contribution in [2.24, 2.45) is 0 Å². The Kier molecular flexibility index (Phi) is 10.8. The third kappa shape index (κ3) is 7.76. The second kappa shape index (κ2) is 14.3. The summed E-state index contributed by atoms with van der Waals surface area (Å²) in [4.78, 5) is 67.6. The lowest BCUT2D eigenvalue weighted by molar-refractivity contribution is -0.123. The minimum Gasteiger partial charge on any atom is -0.486 e. The number of nitrogens with one attached hydrogen (secondary N) is 2. The number of nitrogens with zero attached hydrogens (tertiary/aromatic N) is 4. The van der Waals surface area contributed by atoms with Crippen LogP contribution in [0.25, 0.3) is 11.0 Å². The quantitative estimate of drug-likeness (QED) is 0.273. The summed E-state index contributed by atoms with van der Waals surface area (Å²) in [7, 11) is 4.26. The van der Waals surface area contributed by atoms with Crippen LogP contribution in [0.15, 0.2) is 41.3 Å². The lowest BCUT2D eigenvalue weighted by Gasteiger charge is -2.17. The van der Waals surface area contributed by atoms with Gasteiger partial charge in [-0.15, -0.1) is 0 Å². The van der Waals surface area contributed by atoms with Crippen molar-refractivity contribution in [2.45, 2.75) is 45.4 Å². The van der Waals surface area contributed by atoms with E-state index in [0.717, 1.165) is 11.7 Å². The molecule has 1 aromatic carbocycles. The topological polar surface area (TPSA) is 174 Å². The summed E-state index contributed by atoms with van der Waals surface area (Å²) in [6, 6.07) is 2.20. The number of methoxy groups -OCH3 is 1. The number of likely N-dealkylation sites (N-methyl/N-ethyl adjacent to an activating group) is 1. The highest BCUT2D eigenvalue weighted by Gasteiger charge is 2.26. The number of pyridine rings is 1. The van der Waals surface area contributed by atoms with Gasteiger partial charge >= 0.3 is 12.2 Å². The Morgan fingerprint density at radius 3 is 2.52 bits per heavy atom. The third-order valence-electron chi connectivity index (χ3n) is 6.12. The first-order valence-corrected chi connectivity index (χ1v) is 13.3. The molecule has 0 fully saturated rings. The lowest BCUT2D eigenvalue weighted by Crippen LogP contribution is -2.44. The van der Waals surface area contributed by atoms with Gasteiger partial charge < -0.3 is 34.7 Å². The normalized spacial score (nSPS) is 11.9. The highest BCUT2D eigenvalue weighted by Crippen LogP contribution is 2.32. The number of benzene rings is 1. The molecular formula is C28H32F2N6O8. The highest BCUT2D eigenvalue weighted by atomic mass is 19.2. The molecule has 2 aromatic heterocycles. The Morgan fingerprint density at radius 1 is 1.20 bits per heavy atom. The number of allylic oxidation sites excluding steroid dienone is 1. The van der Waals surface area contributed by atoms with Crippen LogP contribution in [0.1, 0.15) is 32.5 Å². The second-order valence-corrected chi connectivity index (χ2v) is 9.93. The van der Waals surface area contributed by atoms with E-state index in [2.05, 4.69) is 20.4 Å². The SMILES string of the molecule is COC(=O)N[C@@H](CC/C=C/C(=O)N(C)C)C(=O)Nc1cccn(Cc2nc3c(OC(C)C)c(F)c(F)cc3n2C(=O)O)c1=O. The van der Waals surface area contributed by atoms with E-state index in [1.165, 1.54) is 35.4 Å². The van der Waals surface area contributed by atoms with Crippen LogP contribution < -0.4 is 20.9 Å². The summed E-state index contributed by atoms with van der Waals surface area (Å²) >= 11 is 0. The van der Waals surface area contributed by atoms with Crippen LogP contribution in [0.4, 0.5) is 24.1 Å². The van der Waals surface area contributed by atoms with Crippen LogP contribution >= 0.6 is 0 Å². The first-order chi connectivity index (χ1) is 20.7. The van der Waals surface area contributed by atoms with Gasteiger partial charge in [0, 0.05) is 26.4 Å². The molecule has 3 rings (SSSR count). The molecule has 3 aromatic rings. The molecule has 0 radical (unpaired) electrons. The lowest BCUT2D eigenvalue weighted by atomic mass is 10.1. The molecule has 0 bridgehead atoms. The first-order valence-electron chi connectivity index (χ1n) is 13.3. The standard InChI is InChI=1S/C28H32F2N6O8/c1-15(2)44-24-22(30)16(29)13-19-23(24)33-20(36(19)28(41)42)14-35-12-8-10-18(26(35)39)31-25(38)17(32-27(40)43-5)9-6-7-11-21(37)34(3)4/h7-8,10-13,15,17H,6,9,14H2,1-5H3,(H,31,38)(H,32,40)(H,41,42)/b11-7+/t17-/m0/s1. The van der Waals surface area contributed by atoms with Crippen LogP contribution in [0.2, 0.25) is 0 Å². The Bertz CT molecular complexity index is 1660. The molecule has 44 heavy (non-hydrogen) atoms. The van der Waals surface area contributed by atoms with Crippen LogP contribution in [0.3, 0.4) is 0 Å². The Labute approximate surface area is 249 Å². The molecule has 0 unspecified atom stereocenters. The molecule has 0 saturated heterocycles. The van der Waals surface area contributed by atoms with Crippen molar-refractivity contribution < 1.29 is 42.5 Å². The number of carboxylic acid groups (broad SMARTS) is 1. The monoisotopic (exact) mass is 618 g/mol. The van der Waals surface area contributed by atoms with Crippen molar-refractivity contribution in [3.05, 3.63) is 64.4 Å². The van der Waals surface area contributed by atoms with Gasteiger partial charge in [-0.05, 0) is 44.9 Å². The fourth-order valence-electron chi connectivity index (χ4n) is 4.03. The number of fused-ring (bicyclic) bond motifs is 1. The fraction of sp³-hybridized carbons (Fsp3) is 0.357. The summed E-state index contributed by atoms with van der Waals surface area (Å²) in [5.41, 5.74) is -1.54. The fourth-order valence-corrected chi connectivity index (χ4v) is 4.03. The number of alkyl carbamates (subject to hydrolysis) is 1. The smallest absolute Gasteiger partial charge is 0.417 e. The molecule has 0 aliphatic heterocycles. The number of hydrogen-bond acceptors (Lipinski definition) is 8. The number of hydrogen-bond donors (Lipinski definition) is 3. The molecule has 0 spiro atoms. The van der Waals surface area contributed by atoms with Crippen LogP contribution in [0, 0.1) is 11.6 Å². The average Bonchev–Trinajstić information content (AvgIpc) is 3.31. The van der Waals surface area contributed by atoms with E-state index < -0.39 is 59.7 Å². The van der Waals surface area contributed by atoms with Gasteiger partial charge in [-0.3, -0.25) is 14.4 Å². The van der Waals surface area contributed by atoms with E-state index in [1.807, 2.05) is 0 Å². The zero-order valence-corrected chi connectivity index (χ0v) is 24.6. The van der Waals surface area contributed by atoms with Crippen molar-refractivity contribution in [1.29, 1.82) is 0 Å². The molecule has 0 aliphatic rings. The molecular weight excluding hydrogens is 586 g/mol. The van der Waals surface area contributed by atoms with Crippen LogP contribution in [-0.4, -0.2) is 81.5 Å². The van der Waals surface area contributed by atoms with E-state index >= 15 is 0 Å². The highest BCUT2D eigenvalue weighted by molar-refractivity contribution is 5.96. The zero-order chi connectivity index (χ0) is 32.7. The first kappa shape index (κ1) is 33.2. The summed E-state index contributed by atoms with van der Waals surface area (Å²) < 4.78 is 40.5. The van der Waals surface area contributed by atoms with Crippen molar-refractivity contribution in [2.75, 3.05) is 26.5 Å². The Morgan fingerprint density at radius 2 is 1.91 bits per heavy atom. The van der Waals surface area contributed by atoms with Crippen molar-refractivity contribution in [3.63, 3.8) is 0 Å². The number of amides is 3. The number of anilines is 1. The molecule has 16 heteroatoms. The van der Waals surface area contributed by atoms with Gasteiger partial charge in [0.05, 0.1) is 25.3 Å². The molecule has 0 saturated carbocycles. The van der Waals surface area contributed by atoms with E-state index in [-0.39, 0.29) is 41.3 Å². The van der Waals surface area contributed by atoms with E-state index in [0.29, 0.717) is 10.6 Å². The average molecular weight is 619 g/mol. The maximum atomic E-state index is 14.6. The Hall–Kier alpha value is -5.28. The number of aromatic nitrogens is 3. The van der Waals surface area contributed by atoms with Crippen molar-refractivity contribution in [3.8, 4) is 5.75 Å². The van der Waals surface area contributed by atoms with Crippen molar-refractivity contribution >= 4 is 40.7 Å². The maximum Gasteiger partial charge on any atom is 0.417 e. The molecule has 0 aliphatic carbocycles. The van der Waals surface area contributed by atoms with Gasteiger partial charge in [0.2, 0.25) is 17.6 Å². The molecule has 3 amide bonds. The molecule has 14 nitrogen and oxygen atoms in total. The summed E-state index contributed by atoms with van der Waals surface area (Å²) in [5, 5.41) is 14.7. The molecule has 3 N–H and O–H groups in total. The molecule has 236 valence electrons. The van der Waals surface area contributed by atoms with Crippen molar-refractivity contribution in [1.82, 2.24) is 24.3 Å². The van der Waals surface area contributed by atoms with E-state index in [1.54, 1.807) is 27.9 Å². The number of halogens is 2. The van der Waals surface area contributed by atoms with Gasteiger partial charge in [-0.1, -0.05) is 6.08 Å². The summed E-state index contributed by atoms with van der Waals surface area (Å²) in [6.07, 6.45) is 1.35. The van der Waals surface area contributed by atoms with Gasteiger partial charge in [0.25, 0.3) is 5.56 Å². The predicted molar refractivity (Wildman–Crippen MR) is 154 cm³/mol. The Balaban J connectivity index is 1.92. The van der Waals surface area contributed by atoms with E-state index in [9.17, 15) is 37.9 Å². The number of carbonyl (C=O) groups is 4. The summed E-state index contributed by atoms with van der Waals surface area (Å²) in [6.45, 7) is 2.67. The number of rotatable bonds is 11. The van der Waals surface area contributed by atoms with Gasteiger partial charge in [-0.2, -0.15) is 4.39 Å². The molecule has 1 atom stereocenters. The van der Waals surface area contributed by atoms with Gasteiger partial charge in [-0.25, -0.2) is 23.5 Å². The predicted octanol–water partition coefficient (Wildman–Crippen LogP) is 2.93.